The fourth-order valence-corrected chi connectivity index (χ4v) is 4.29. The van der Waals surface area contributed by atoms with Crippen LogP contribution in [0.1, 0.15) is 45.5 Å². The Morgan fingerprint density at radius 3 is 2.09 bits per heavy atom. The lowest BCUT2D eigenvalue weighted by atomic mass is 9.98. The van der Waals surface area contributed by atoms with Crippen LogP contribution in [0.5, 0.6) is 0 Å². The molecule has 34 heavy (non-hydrogen) atoms. The van der Waals surface area contributed by atoms with E-state index < -0.39 is 24.3 Å². The number of hydrogen-bond acceptors (Lipinski definition) is 6. The topological polar surface area (TPSA) is 105 Å². The number of ether oxygens (including phenoxy) is 2. The number of methoxy groups -OCH3 is 1. The predicted octanol–water partition coefficient (Wildman–Crippen LogP) is 3.80. The minimum absolute atomic E-state index is 0.0291. The summed E-state index contributed by atoms with van der Waals surface area (Å²) in [6.07, 6.45) is -2.70. The highest BCUT2D eigenvalue weighted by Crippen LogP contribution is 2.44. The van der Waals surface area contributed by atoms with Crippen LogP contribution in [-0.4, -0.2) is 48.6 Å². The molecule has 0 bridgehead atoms. The number of alkyl carbamates (subject to hydrolysis) is 1. The zero-order valence-electron chi connectivity index (χ0n) is 18.8. The van der Waals surface area contributed by atoms with Crippen LogP contribution in [0.15, 0.2) is 72.8 Å². The van der Waals surface area contributed by atoms with Gasteiger partial charge in [0.05, 0.1) is 18.8 Å². The molecule has 0 spiro atoms. The summed E-state index contributed by atoms with van der Waals surface area (Å²) < 4.78 is 10.1. The zero-order chi connectivity index (χ0) is 24.1. The Morgan fingerprint density at radius 2 is 1.50 bits per heavy atom. The second-order valence-corrected chi connectivity index (χ2v) is 8.17. The Kier molecular flexibility index (Phi) is 7.25. The minimum atomic E-state index is -1.16. The van der Waals surface area contributed by atoms with Gasteiger partial charge in [0.1, 0.15) is 12.7 Å². The van der Waals surface area contributed by atoms with Crippen molar-refractivity contribution in [2.75, 3.05) is 20.3 Å². The summed E-state index contributed by atoms with van der Waals surface area (Å²) in [6.45, 7) is 0.340. The Balaban J connectivity index is 1.26. The van der Waals surface area contributed by atoms with E-state index in [0.717, 1.165) is 22.3 Å². The first-order valence-electron chi connectivity index (χ1n) is 11.1. The fraction of sp³-hybridized carbons (Fsp3) is 0.259. The third-order valence-corrected chi connectivity index (χ3v) is 6.09. The van der Waals surface area contributed by atoms with Crippen molar-refractivity contribution in [2.24, 2.45) is 0 Å². The maximum absolute atomic E-state index is 12.3. The van der Waals surface area contributed by atoms with Gasteiger partial charge in [-0.3, -0.25) is 0 Å². The molecule has 0 aromatic heterocycles. The van der Waals surface area contributed by atoms with E-state index in [1.54, 1.807) is 12.1 Å². The molecule has 4 rings (SSSR count). The van der Waals surface area contributed by atoms with Gasteiger partial charge in [0.2, 0.25) is 0 Å². The molecule has 7 heteroatoms. The van der Waals surface area contributed by atoms with E-state index in [1.165, 1.54) is 19.2 Å². The van der Waals surface area contributed by atoms with E-state index in [4.69, 9.17) is 4.74 Å². The van der Waals surface area contributed by atoms with Crippen LogP contribution in [0.25, 0.3) is 11.1 Å². The highest BCUT2D eigenvalue weighted by molar-refractivity contribution is 5.89. The number of aliphatic hydroxyl groups excluding tert-OH is 2. The molecule has 1 amide bonds. The summed E-state index contributed by atoms with van der Waals surface area (Å²) in [5, 5.41) is 23.3. The highest BCUT2D eigenvalue weighted by Gasteiger charge is 2.29. The van der Waals surface area contributed by atoms with Crippen LogP contribution in [-0.2, 0) is 9.47 Å². The molecule has 1 aliphatic carbocycles. The van der Waals surface area contributed by atoms with Crippen molar-refractivity contribution in [2.45, 2.75) is 24.5 Å². The van der Waals surface area contributed by atoms with E-state index in [9.17, 15) is 19.8 Å². The molecule has 7 nitrogen and oxygen atoms in total. The molecule has 176 valence electrons. The third-order valence-electron chi connectivity index (χ3n) is 6.09. The van der Waals surface area contributed by atoms with Gasteiger partial charge in [-0.2, -0.15) is 0 Å². The van der Waals surface area contributed by atoms with Crippen molar-refractivity contribution >= 4 is 12.1 Å². The van der Waals surface area contributed by atoms with Crippen LogP contribution in [0.4, 0.5) is 4.79 Å². The molecule has 1 aliphatic rings. The number of fused-ring (bicyclic) bond motifs is 3. The van der Waals surface area contributed by atoms with E-state index in [-0.39, 0.29) is 25.5 Å². The molecule has 2 unspecified atom stereocenters. The number of aliphatic hydroxyl groups is 2. The minimum Gasteiger partial charge on any atom is -0.465 e. The van der Waals surface area contributed by atoms with Gasteiger partial charge >= 0.3 is 12.1 Å². The molecule has 0 saturated carbocycles. The summed E-state index contributed by atoms with van der Waals surface area (Å²) in [5.74, 6) is -0.507. The van der Waals surface area contributed by atoms with Gasteiger partial charge in [-0.15, -0.1) is 0 Å². The molecule has 0 fully saturated rings. The van der Waals surface area contributed by atoms with Gasteiger partial charge in [-0.05, 0) is 46.4 Å². The average Bonchev–Trinajstić information content (AvgIpc) is 3.20. The highest BCUT2D eigenvalue weighted by atomic mass is 16.5. The lowest BCUT2D eigenvalue weighted by molar-refractivity contribution is 0.0136. The number of amides is 1. The molecule has 0 saturated heterocycles. The smallest absolute Gasteiger partial charge is 0.407 e. The maximum atomic E-state index is 12.3. The van der Waals surface area contributed by atoms with Crippen LogP contribution >= 0.6 is 0 Å². The Morgan fingerprint density at radius 1 is 0.912 bits per heavy atom. The van der Waals surface area contributed by atoms with Crippen LogP contribution in [0, 0.1) is 0 Å². The summed E-state index contributed by atoms with van der Waals surface area (Å²) in [5.41, 5.74) is 5.39. The predicted molar refractivity (Wildman–Crippen MR) is 126 cm³/mol. The summed E-state index contributed by atoms with van der Waals surface area (Å²) >= 11 is 0. The molecule has 3 aromatic carbocycles. The normalized spacial score (nSPS) is 14.0. The Labute approximate surface area is 198 Å². The lowest BCUT2D eigenvalue weighted by Gasteiger charge is -2.19. The second kappa shape index (κ2) is 10.5. The number of hydrogen-bond donors (Lipinski definition) is 3. The van der Waals surface area contributed by atoms with Crippen molar-refractivity contribution in [3.8, 4) is 11.1 Å². The number of benzene rings is 3. The van der Waals surface area contributed by atoms with E-state index >= 15 is 0 Å². The summed E-state index contributed by atoms with van der Waals surface area (Å²) in [7, 11) is 1.29. The first kappa shape index (κ1) is 23.5. The van der Waals surface area contributed by atoms with Crippen LogP contribution in [0.2, 0.25) is 0 Å². The molecule has 2 atom stereocenters. The summed E-state index contributed by atoms with van der Waals surface area (Å²) in [6, 6.07) is 22.4. The number of carbonyl (C=O) groups is 2. The molecular formula is C27H27NO6. The van der Waals surface area contributed by atoms with Crippen molar-refractivity contribution < 1.29 is 29.3 Å². The lowest BCUT2D eigenvalue weighted by Crippen LogP contribution is -2.30. The van der Waals surface area contributed by atoms with E-state index in [1.807, 2.05) is 24.3 Å². The average molecular weight is 462 g/mol. The van der Waals surface area contributed by atoms with Gasteiger partial charge in [0, 0.05) is 12.5 Å². The second-order valence-electron chi connectivity index (χ2n) is 8.17. The fourth-order valence-electron chi connectivity index (χ4n) is 4.29. The van der Waals surface area contributed by atoms with Crippen molar-refractivity contribution in [1.82, 2.24) is 5.32 Å². The first-order chi connectivity index (χ1) is 16.5. The van der Waals surface area contributed by atoms with Crippen LogP contribution < -0.4 is 5.32 Å². The molecular weight excluding hydrogens is 434 g/mol. The standard InChI is InChI=1S/C27H27NO6/c1-33-26(31)18-12-10-17(11-13-18)25(30)24(29)14-15-28-27(32)34-16-23-21-8-4-2-6-19(21)20-7-3-5-9-22(20)23/h2-13,23-25,29-30H,14-16H2,1H3,(H,28,32). The molecule has 0 heterocycles. The molecule has 3 aromatic rings. The van der Waals surface area contributed by atoms with Gasteiger partial charge < -0.3 is 25.0 Å². The Bertz CT molecular complexity index is 1110. The molecule has 0 aliphatic heterocycles. The SMILES string of the molecule is COC(=O)c1ccc(C(O)C(O)CCNC(=O)OCC2c3ccccc3-c3ccccc32)cc1. The maximum Gasteiger partial charge on any atom is 0.407 e. The molecule has 0 radical (unpaired) electrons. The van der Waals surface area contributed by atoms with E-state index in [0.29, 0.717) is 11.1 Å². The quantitative estimate of drug-likeness (QED) is 0.441. The third kappa shape index (κ3) is 4.95. The largest absolute Gasteiger partial charge is 0.465 e. The number of carbonyl (C=O) groups excluding carboxylic acids is 2. The van der Waals surface area contributed by atoms with Crippen LogP contribution in [0.3, 0.4) is 0 Å². The summed E-state index contributed by atoms with van der Waals surface area (Å²) in [4.78, 5) is 23.8. The van der Waals surface area contributed by atoms with Gasteiger partial charge in [0.15, 0.2) is 0 Å². The molecule has 3 N–H and O–H groups in total. The zero-order valence-corrected chi connectivity index (χ0v) is 18.8. The van der Waals surface area contributed by atoms with Gasteiger partial charge in [0.25, 0.3) is 0 Å². The van der Waals surface area contributed by atoms with Crippen molar-refractivity contribution in [1.29, 1.82) is 0 Å². The number of rotatable bonds is 8. The van der Waals surface area contributed by atoms with Gasteiger partial charge in [-0.1, -0.05) is 60.7 Å². The van der Waals surface area contributed by atoms with Crippen molar-refractivity contribution in [3.05, 3.63) is 95.1 Å². The van der Waals surface area contributed by atoms with E-state index in [2.05, 4.69) is 34.3 Å². The number of esters is 1. The first-order valence-corrected chi connectivity index (χ1v) is 11.1. The van der Waals surface area contributed by atoms with Gasteiger partial charge in [-0.25, -0.2) is 9.59 Å². The van der Waals surface area contributed by atoms with Crippen molar-refractivity contribution in [3.63, 3.8) is 0 Å². The Hall–Kier alpha value is -3.68. The monoisotopic (exact) mass is 461 g/mol. The number of nitrogens with one attached hydrogen (secondary N) is 1.